The molecule has 2 fully saturated rings. The van der Waals surface area contributed by atoms with E-state index < -0.39 is 20.2 Å². The number of sulfonamides is 1. The summed E-state index contributed by atoms with van der Waals surface area (Å²) in [7, 11) is -7.10. The Kier molecular flexibility index (Phi) is 5.19. The molecule has 24 heavy (non-hydrogen) atoms. The van der Waals surface area contributed by atoms with Crippen LogP contribution in [0.15, 0.2) is 29.2 Å². The van der Waals surface area contributed by atoms with Crippen molar-refractivity contribution < 1.29 is 16.8 Å². The van der Waals surface area contributed by atoms with Crippen molar-refractivity contribution in [3.05, 3.63) is 29.3 Å². The lowest BCUT2D eigenvalue weighted by molar-refractivity contribution is 0.259. The number of rotatable bonds is 4. The van der Waals surface area contributed by atoms with Crippen molar-refractivity contribution >= 4 is 31.8 Å². The maximum atomic E-state index is 12.6. The molecule has 2 saturated heterocycles. The van der Waals surface area contributed by atoms with Gasteiger partial charge in [-0.3, -0.25) is 0 Å². The summed E-state index contributed by atoms with van der Waals surface area (Å²) in [6.07, 6.45) is 1.76. The van der Waals surface area contributed by atoms with Crippen LogP contribution in [0.25, 0.3) is 0 Å². The molecular formula is C14H20ClN3O4S2. The van der Waals surface area contributed by atoms with Gasteiger partial charge in [-0.15, -0.1) is 0 Å². The van der Waals surface area contributed by atoms with Crippen molar-refractivity contribution in [2.75, 3.05) is 39.3 Å². The van der Waals surface area contributed by atoms with E-state index in [2.05, 4.69) is 0 Å². The molecule has 2 aliphatic rings. The van der Waals surface area contributed by atoms with Gasteiger partial charge in [0.05, 0.1) is 4.90 Å². The Hall–Kier alpha value is -0.710. The molecule has 2 aliphatic heterocycles. The Labute approximate surface area is 148 Å². The third kappa shape index (κ3) is 3.47. The Balaban J connectivity index is 1.69. The zero-order chi connectivity index (χ0) is 17.4. The highest BCUT2D eigenvalue weighted by molar-refractivity contribution is 7.89. The topological polar surface area (TPSA) is 78.0 Å². The third-order valence-electron chi connectivity index (χ3n) is 4.37. The number of nitrogens with zero attached hydrogens (tertiary/aromatic N) is 3. The van der Waals surface area contributed by atoms with E-state index in [4.69, 9.17) is 11.6 Å². The highest BCUT2D eigenvalue weighted by atomic mass is 35.5. The minimum atomic E-state index is -3.63. The molecule has 0 radical (unpaired) electrons. The molecule has 0 spiro atoms. The average molecular weight is 394 g/mol. The van der Waals surface area contributed by atoms with Crippen LogP contribution in [0.3, 0.4) is 0 Å². The Morgan fingerprint density at radius 1 is 0.708 bits per heavy atom. The number of piperazine rings is 1. The van der Waals surface area contributed by atoms with E-state index in [1.807, 2.05) is 0 Å². The molecule has 7 nitrogen and oxygen atoms in total. The molecule has 0 aliphatic carbocycles. The maximum absolute atomic E-state index is 12.6. The molecule has 0 amide bonds. The maximum Gasteiger partial charge on any atom is 0.282 e. The second-order valence-corrected chi connectivity index (χ2v) is 10.2. The second-order valence-electron chi connectivity index (χ2n) is 5.87. The summed E-state index contributed by atoms with van der Waals surface area (Å²) in [6.45, 7) is 1.74. The normalized spacial score (nSPS) is 22.0. The van der Waals surface area contributed by atoms with Crippen molar-refractivity contribution in [3.8, 4) is 0 Å². The largest absolute Gasteiger partial charge is 0.282 e. The summed E-state index contributed by atoms with van der Waals surface area (Å²) in [6, 6.07) is 5.99. The van der Waals surface area contributed by atoms with Crippen LogP contribution in [-0.4, -0.2) is 69.0 Å². The van der Waals surface area contributed by atoms with Crippen LogP contribution in [-0.2, 0) is 20.2 Å². The van der Waals surface area contributed by atoms with Crippen LogP contribution in [0.4, 0.5) is 0 Å². The third-order valence-corrected chi connectivity index (χ3v) is 8.57. The predicted molar refractivity (Wildman–Crippen MR) is 91.5 cm³/mol. The lowest BCUT2D eigenvalue weighted by Crippen LogP contribution is -2.53. The molecule has 1 aromatic rings. The molecule has 0 atom stereocenters. The van der Waals surface area contributed by atoms with E-state index in [9.17, 15) is 16.8 Å². The highest BCUT2D eigenvalue weighted by Gasteiger charge is 2.36. The molecule has 0 unspecified atom stereocenters. The van der Waals surface area contributed by atoms with Gasteiger partial charge in [0.25, 0.3) is 10.2 Å². The van der Waals surface area contributed by atoms with Gasteiger partial charge in [0.15, 0.2) is 0 Å². The zero-order valence-corrected chi connectivity index (χ0v) is 15.5. The fourth-order valence-electron chi connectivity index (χ4n) is 2.98. The van der Waals surface area contributed by atoms with Crippen LogP contribution >= 0.6 is 11.6 Å². The summed E-state index contributed by atoms with van der Waals surface area (Å²) in [5.41, 5.74) is 0. The van der Waals surface area contributed by atoms with Crippen molar-refractivity contribution in [2.24, 2.45) is 0 Å². The highest BCUT2D eigenvalue weighted by Crippen LogP contribution is 2.22. The van der Waals surface area contributed by atoms with Crippen molar-refractivity contribution in [3.63, 3.8) is 0 Å². The van der Waals surface area contributed by atoms with Crippen molar-refractivity contribution in [1.29, 1.82) is 0 Å². The first kappa shape index (κ1) is 18.1. The molecule has 0 N–H and O–H groups in total. The van der Waals surface area contributed by atoms with Gasteiger partial charge >= 0.3 is 0 Å². The van der Waals surface area contributed by atoms with Gasteiger partial charge < -0.3 is 0 Å². The SMILES string of the molecule is O=S(=O)(c1ccc(Cl)cc1)N1CCN(S(=O)(=O)N2CCCC2)CC1. The zero-order valence-electron chi connectivity index (χ0n) is 13.1. The van der Waals surface area contributed by atoms with E-state index in [1.54, 1.807) is 0 Å². The summed E-state index contributed by atoms with van der Waals surface area (Å²) in [4.78, 5) is 0.169. The number of halogens is 1. The Bertz CT molecular complexity index is 782. The average Bonchev–Trinajstić information content (AvgIpc) is 3.11. The van der Waals surface area contributed by atoms with Gasteiger partial charge in [0.2, 0.25) is 10.0 Å². The molecule has 3 rings (SSSR count). The number of hydrogen-bond acceptors (Lipinski definition) is 4. The van der Waals surface area contributed by atoms with Gasteiger partial charge in [-0.1, -0.05) is 11.6 Å². The quantitative estimate of drug-likeness (QED) is 0.764. The van der Waals surface area contributed by atoms with Gasteiger partial charge in [0, 0.05) is 44.3 Å². The molecular weight excluding hydrogens is 374 g/mol. The molecule has 0 saturated carbocycles. The number of benzene rings is 1. The minimum absolute atomic E-state index is 0.151. The Morgan fingerprint density at radius 2 is 1.17 bits per heavy atom. The van der Waals surface area contributed by atoms with Gasteiger partial charge in [0.1, 0.15) is 0 Å². The molecule has 134 valence electrons. The second kappa shape index (κ2) is 6.89. The first-order valence-corrected chi connectivity index (χ1v) is 11.0. The molecule has 10 heteroatoms. The predicted octanol–water partition coefficient (Wildman–Crippen LogP) is 0.987. The van der Waals surface area contributed by atoms with Crippen LogP contribution in [0.2, 0.25) is 5.02 Å². The van der Waals surface area contributed by atoms with Gasteiger partial charge in [-0.25, -0.2) is 8.42 Å². The van der Waals surface area contributed by atoms with E-state index in [0.29, 0.717) is 18.1 Å². The van der Waals surface area contributed by atoms with E-state index in [0.717, 1.165) is 12.8 Å². The summed E-state index contributed by atoms with van der Waals surface area (Å²) in [5.74, 6) is 0. The minimum Gasteiger partial charge on any atom is -0.207 e. The fourth-order valence-corrected chi connectivity index (χ4v) is 6.20. The van der Waals surface area contributed by atoms with E-state index in [1.165, 1.54) is 37.2 Å². The van der Waals surface area contributed by atoms with Crippen molar-refractivity contribution in [2.45, 2.75) is 17.7 Å². The molecule has 0 bridgehead atoms. The first-order chi connectivity index (χ1) is 11.3. The van der Waals surface area contributed by atoms with Gasteiger partial charge in [-0.2, -0.15) is 21.3 Å². The lowest BCUT2D eigenvalue weighted by Gasteiger charge is -2.35. The van der Waals surface area contributed by atoms with Crippen LogP contribution in [0.1, 0.15) is 12.8 Å². The standard InChI is InChI=1S/C14H20ClN3O4S2/c15-13-3-5-14(6-4-13)23(19,20)16-9-11-18(12-10-16)24(21,22)17-7-1-2-8-17/h3-6H,1-2,7-12H2. The molecule has 1 aromatic carbocycles. The van der Waals surface area contributed by atoms with E-state index in [-0.39, 0.29) is 31.1 Å². The summed E-state index contributed by atoms with van der Waals surface area (Å²) in [5, 5.41) is 0.468. The lowest BCUT2D eigenvalue weighted by atomic mass is 10.4. The smallest absolute Gasteiger partial charge is 0.207 e. The van der Waals surface area contributed by atoms with Crippen LogP contribution in [0, 0.1) is 0 Å². The summed E-state index contributed by atoms with van der Waals surface area (Å²) < 4.78 is 54.5. The fraction of sp³-hybridized carbons (Fsp3) is 0.571. The molecule has 0 aromatic heterocycles. The summed E-state index contributed by atoms with van der Waals surface area (Å²) >= 11 is 5.79. The van der Waals surface area contributed by atoms with Crippen molar-refractivity contribution in [1.82, 2.24) is 12.9 Å². The Morgan fingerprint density at radius 3 is 1.71 bits per heavy atom. The monoisotopic (exact) mass is 393 g/mol. The van der Waals surface area contributed by atoms with E-state index >= 15 is 0 Å². The number of hydrogen-bond donors (Lipinski definition) is 0. The van der Waals surface area contributed by atoms with Crippen LogP contribution in [0.5, 0.6) is 0 Å². The first-order valence-electron chi connectivity index (χ1n) is 7.83. The molecule has 2 heterocycles. The van der Waals surface area contributed by atoms with Gasteiger partial charge in [-0.05, 0) is 37.1 Å². The van der Waals surface area contributed by atoms with Crippen LogP contribution < -0.4 is 0 Å².